The molecule has 0 saturated carbocycles. The third-order valence-electron chi connectivity index (χ3n) is 13.3. The van der Waals surface area contributed by atoms with E-state index in [1.54, 1.807) is 12.1 Å². The van der Waals surface area contributed by atoms with Crippen molar-refractivity contribution in [1.82, 2.24) is 4.44 Å². The van der Waals surface area contributed by atoms with Crippen LogP contribution in [0.15, 0.2) is 97.1 Å². The molecule has 0 aliphatic heterocycles. The molecule has 67 heavy (non-hydrogen) atoms. The van der Waals surface area contributed by atoms with Crippen LogP contribution in [0.5, 0.6) is 11.5 Å². The Hall–Kier alpha value is -2.37. The van der Waals surface area contributed by atoms with E-state index in [-0.39, 0.29) is 0 Å². The first kappa shape index (κ1) is 57.2. The summed E-state index contributed by atoms with van der Waals surface area (Å²) < 4.78 is 66.6. The van der Waals surface area contributed by atoms with E-state index >= 15 is 0 Å². The number of para-hydroxylation sites is 2. The summed E-state index contributed by atoms with van der Waals surface area (Å²) in [6.45, 7) is 16.7. The molecule has 0 radical (unpaired) electrons. The lowest BCUT2D eigenvalue weighted by Gasteiger charge is -2.40. The van der Waals surface area contributed by atoms with Crippen LogP contribution in [0.25, 0.3) is 0 Å². The molecule has 0 aromatic heterocycles. The van der Waals surface area contributed by atoms with E-state index in [9.17, 15) is 16.8 Å². The predicted octanol–water partition coefficient (Wildman–Crippen LogP) is 13.0. The Kier molecular flexibility index (Phi) is 24.3. The van der Waals surface area contributed by atoms with Gasteiger partial charge in [0, 0.05) is 33.3 Å². The van der Waals surface area contributed by atoms with Crippen LogP contribution < -0.4 is 40.0 Å². The normalized spacial score (nSPS) is 13.5. The first-order valence-corrected chi connectivity index (χ1v) is 37.2. The van der Waals surface area contributed by atoms with Crippen molar-refractivity contribution < 1.29 is 25.2 Å². The molecule has 4 rings (SSSR count). The van der Waals surface area contributed by atoms with E-state index in [2.05, 4.69) is 101 Å². The molecule has 0 amide bonds. The number of hydrogen-bond donors (Lipinski definition) is 0. The number of rotatable bonds is 33. The van der Waals surface area contributed by atoms with Crippen molar-refractivity contribution in [1.29, 1.82) is 0 Å². The van der Waals surface area contributed by atoms with Gasteiger partial charge in [0.15, 0.2) is 11.5 Å². The van der Waals surface area contributed by atoms with Gasteiger partial charge in [-0.1, -0.05) is 251 Å². The second-order valence-electron chi connectivity index (χ2n) is 18.9. The molecule has 0 fully saturated rings. The zero-order valence-corrected chi connectivity index (χ0v) is 48.1. The van der Waals surface area contributed by atoms with Crippen LogP contribution in [-0.2, 0) is 20.2 Å². The van der Waals surface area contributed by atoms with Crippen LogP contribution in [0.3, 0.4) is 0 Å². The van der Waals surface area contributed by atoms with Gasteiger partial charge in [-0.2, -0.15) is 16.8 Å². The Labute approximate surface area is 413 Å². The molecule has 0 bridgehead atoms. The fourth-order valence-electron chi connectivity index (χ4n) is 9.73. The average molecular weight is 1030 g/mol. The Bertz CT molecular complexity index is 2080. The van der Waals surface area contributed by atoms with E-state index < -0.39 is 52.5 Å². The maximum absolute atomic E-state index is 13.0. The molecule has 2 unspecified atom stereocenters. The molecule has 0 aliphatic carbocycles. The minimum Gasteiger partial charge on any atom is -0.382 e. The van der Waals surface area contributed by atoms with Crippen molar-refractivity contribution in [2.24, 2.45) is 0 Å². The molecule has 0 spiro atoms. The predicted molar refractivity (Wildman–Crippen MR) is 300 cm³/mol. The van der Waals surface area contributed by atoms with Gasteiger partial charge < -0.3 is 8.37 Å². The van der Waals surface area contributed by atoms with Crippen LogP contribution >= 0.6 is 16.1 Å². The zero-order valence-electron chi connectivity index (χ0n) is 42.7. The van der Waals surface area contributed by atoms with Crippen LogP contribution in [0.1, 0.15) is 138 Å². The summed E-state index contributed by atoms with van der Waals surface area (Å²) in [6.07, 6.45) is 18.6. The Morgan fingerprint density at radius 1 is 0.418 bits per heavy atom. The molecule has 2 atom stereocenters. The van der Waals surface area contributed by atoms with E-state index in [1.165, 1.54) is 124 Å². The van der Waals surface area contributed by atoms with Crippen LogP contribution in [-0.4, -0.2) is 56.5 Å². The summed E-state index contributed by atoms with van der Waals surface area (Å²) in [5.41, 5.74) is 0. The van der Waals surface area contributed by atoms with Gasteiger partial charge in [0.1, 0.15) is 0 Å². The molecular weight excluding hydrogens is 941 g/mol. The molecule has 7 nitrogen and oxygen atoms in total. The first-order valence-electron chi connectivity index (χ1n) is 25.7. The average Bonchev–Trinajstić information content (AvgIpc) is 3.31. The van der Waals surface area contributed by atoms with Crippen molar-refractivity contribution in [3.63, 3.8) is 0 Å². The van der Waals surface area contributed by atoms with Gasteiger partial charge in [-0.05, 0) is 41.3 Å². The van der Waals surface area contributed by atoms with Crippen LogP contribution in [0.4, 0.5) is 0 Å². The number of unbranched alkanes of at least 4 members (excludes halogenated alkanes) is 7. The zero-order chi connectivity index (χ0) is 48.9. The lowest BCUT2D eigenvalue weighted by Crippen LogP contribution is -2.48. The Morgan fingerprint density at radius 2 is 0.701 bits per heavy atom. The minimum absolute atomic E-state index is 0.323. The van der Waals surface area contributed by atoms with Crippen molar-refractivity contribution in [3.8, 4) is 11.5 Å². The summed E-state index contributed by atoms with van der Waals surface area (Å²) in [4.78, 5) is 0. The third kappa shape index (κ3) is 16.9. The van der Waals surface area contributed by atoms with Gasteiger partial charge in [-0.15, -0.1) is 0 Å². The number of benzene rings is 4. The van der Waals surface area contributed by atoms with Gasteiger partial charge in [0.05, 0.1) is 28.7 Å². The second-order valence-corrected chi connectivity index (χ2v) is 35.8. The summed E-state index contributed by atoms with van der Waals surface area (Å²) in [7, 11) is -14.4. The lowest BCUT2D eigenvalue weighted by atomic mass is 10.3. The highest BCUT2D eigenvalue weighted by Gasteiger charge is 2.38. The van der Waals surface area contributed by atoms with Crippen molar-refractivity contribution in [2.75, 3.05) is 19.1 Å². The van der Waals surface area contributed by atoms with Crippen LogP contribution in [0.2, 0.25) is 36.3 Å². The van der Waals surface area contributed by atoms with E-state index in [1.807, 2.05) is 36.4 Å². The van der Waals surface area contributed by atoms with Crippen molar-refractivity contribution in [3.05, 3.63) is 97.1 Å². The molecule has 372 valence electrons. The van der Waals surface area contributed by atoms with E-state index in [0.717, 1.165) is 46.6 Å². The monoisotopic (exact) mass is 1030 g/mol. The van der Waals surface area contributed by atoms with Gasteiger partial charge in [-0.25, -0.2) is 4.44 Å². The highest BCUT2D eigenvalue weighted by molar-refractivity contribution is 7.87. The quantitative estimate of drug-likeness (QED) is 0.0267. The van der Waals surface area contributed by atoms with Crippen LogP contribution in [0, 0.1) is 0 Å². The Morgan fingerprint density at radius 3 is 0.970 bits per heavy atom. The molecule has 0 heterocycles. The number of nitrogens with zero attached hydrogens (tertiary/aromatic N) is 1. The fourth-order valence-corrected chi connectivity index (χ4v) is 28.1. The largest absolute Gasteiger partial charge is 0.382 e. The summed E-state index contributed by atoms with van der Waals surface area (Å²) >= 11 is 0. The smallest absolute Gasteiger partial charge is 0.306 e. The van der Waals surface area contributed by atoms with Gasteiger partial charge in [-0.3, -0.25) is 0 Å². The molecule has 4 aromatic carbocycles. The molecule has 0 aliphatic rings. The molecule has 13 heteroatoms. The highest BCUT2D eigenvalue weighted by atomic mass is 32.2. The van der Waals surface area contributed by atoms with Gasteiger partial charge in [0.2, 0.25) is 0 Å². The Balaban J connectivity index is 2.12. The maximum Gasteiger partial charge on any atom is 0.306 e. The summed E-state index contributed by atoms with van der Waals surface area (Å²) in [5.74, 6) is 0.646. The second kappa shape index (κ2) is 28.5. The topological polar surface area (TPSA) is 90.0 Å². The first-order chi connectivity index (χ1) is 32.1. The van der Waals surface area contributed by atoms with E-state index in [0.29, 0.717) is 18.0 Å². The maximum atomic E-state index is 13.0. The fraction of sp³-hybridized carbons (Fsp3) is 0.556. The SMILES string of the molecule is CCCCN(P(c1ccc([Si](CCCC)(CCCC)CCCC)cc1)c1ccccc1OS(C)(=O)=O)P(c1ccc([Si](CCCC)(CCCC)CCCC)cc1)c1ccccc1OS(C)(=O)=O. The molecule has 0 N–H and O–H groups in total. The standard InChI is InChI=1S/C54H85NO6P2S2Si2/c1-10-17-40-55(62(53-30-26-24-28-51(53)60-64(8,56)57)47-32-36-49(37-33-47)66(41-18-11-2,42-19-12-3)43-20-13-4)63(54-31-27-25-29-52(54)61-65(9,58)59)48-34-38-50(39-35-48)67(44-21-14-5,45-22-15-6)46-23-16-7/h24-39H,10-23,40-46H2,1-9H3. The third-order valence-corrected chi connectivity index (χ3v) is 30.9. The molecular formula is C54H85NO6P2S2Si2. The molecule has 0 saturated heterocycles. The van der Waals surface area contributed by atoms with Gasteiger partial charge >= 0.3 is 20.2 Å². The van der Waals surface area contributed by atoms with Crippen molar-refractivity contribution >= 4 is 84.1 Å². The molecule has 4 aromatic rings. The van der Waals surface area contributed by atoms with Gasteiger partial charge in [0.25, 0.3) is 0 Å². The summed E-state index contributed by atoms with van der Waals surface area (Å²) in [6, 6.07) is 42.1. The van der Waals surface area contributed by atoms with E-state index in [4.69, 9.17) is 8.37 Å². The highest BCUT2D eigenvalue weighted by Crippen LogP contribution is 2.57. The lowest BCUT2D eigenvalue weighted by molar-refractivity contribution is 0.493. The minimum atomic E-state index is -3.88. The number of hydrogen-bond acceptors (Lipinski definition) is 7. The summed E-state index contributed by atoms with van der Waals surface area (Å²) in [5, 5.41) is 6.89. The van der Waals surface area contributed by atoms with Crippen molar-refractivity contribution in [2.45, 2.75) is 175 Å².